The van der Waals surface area contributed by atoms with Gasteiger partial charge in [-0.05, 0) is 43.7 Å². The molecule has 0 saturated carbocycles. The molecule has 0 bridgehead atoms. The summed E-state index contributed by atoms with van der Waals surface area (Å²) in [5.74, 6) is 0.720. The highest BCUT2D eigenvalue weighted by atomic mass is 32.2. The third-order valence-electron chi connectivity index (χ3n) is 3.43. The number of carbonyl (C=O) groups is 2. The lowest BCUT2D eigenvalue weighted by Gasteiger charge is -2.11. The molecule has 0 heterocycles. The van der Waals surface area contributed by atoms with Crippen LogP contribution in [0.2, 0.25) is 0 Å². The molecule has 6 heteroatoms. The molecule has 2 aromatic carbocycles. The van der Waals surface area contributed by atoms with Crippen LogP contribution in [0, 0.1) is 13.8 Å². The fourth-order valence-corrected chi connectivity index (χ4v) is 2.79. The predicted molar refractivity (Wildman–Crippen MR) is 103 cm³/mol. The molecule has 25 heavy (non-hydrogen) atoms. The fraction of sp³-hybridized carbons (Fsp3) is 0.263. The molecule has 0 spiro atoms. The van der Waals surface area contributed by atoms with Gasteiger partial charge in [0.1, 0.15) is 5.75 Å². The summed E-state index contributed by atoms with van der Waals surface area (Å²) in [6.45, 7) is 3.93. The van der Waals surface area contributed by atoms with Crippen LogP contribution < -0.4 is 15.4 Å². The molecule has 2 rings (SSSR count). The highest BCUT2D eigenvalue weighted by molar-refractivity contribution is 8.00. The second kappa shape index (κ2) is 9.13. The van der Waals surface area contributed by atoms with E-state index in [1.165, 1.54) is 11.8 Å². The van der Waals surface area contributed by atoms with Crippen LogP contribution in [0.4, 0.5) is 11.4 Å². The summed E-state index contributed by atoms with van der Waals surface area (Å²) in [5.41, 5.74) is 3.55. The van der Waals surface area contributed by atoms with Gasteiger partial charge >= 0.3 is 0 Å². The van der Waals surface area contributed by atoms with E-state index in [-0.39, 0.29) is 23.3 Å². The van der Waals surface area contributed by atoms with Crippen molar-refractivity contribution in [2.45, 2.75) is 13.8 Å². The number of nitrogens with one attached hydrogen (secondary N) is 2. The zero-order valence-corrected chi connectivity index (χ0v) is 15.4. The summed E-state index contributed by atoms with van der Waals surface area (Å²) in [4.78, 5) is 23.9. The van der Waals surface area contributed by atoms with Crippen LogP contribution in [-0.4, -0.2) is 30.4 Å². The van der Waals surface area contributed by atoms with Crippen molar-refractivity contribution >= 4 is 35.0 Å². The summed E-state index contributed by atoms with van der Waals surface area (Å²) in [7, 11) is 1.56. The Hall–Kier alpha value is -2.47. The van der Waals surface area contributed by atoms with Crippen LogP contribution in [0.1, 0.15) is 11.1 Å². The van der Waals surface area contributed by atoms with E-state index < -0.39 is 0 Å². The van der Waals surface area contributed by atoms with Crippen molar-refractivity contribution in [2.75, 3.05) is 29.2 Å². The molecular formula is C19H22N2O3S. The van der Waals surface area contributed by atoms with E-state index in [2.05, 4.69) is 10.6 Å². The molecule has 0 unspecified atom stereocenters. The lowest BCUT2D eigenvalue weighted by atomic mass is 10.2. The molecule has 0 aromatic heterocycles. The Morgan fingerprint density at radius 3 is 2.16 bits per heavy atom. The number of anilines is 2. The standard InChI is InChI=1S/C19H22N2O3S/c1-13-4-7-15(8-5-13)20-18(22)11-25-12-19(23)21-16-10-14(2)6-9-17(16)24-3/h4-10H,11-12H2,1-3H3,(H,20,22)(H,21,23). The third-order valence-corrected chi connectivity index (χ3v) is 4.36. The van der Waals surface area contributed by atoms with Crippen LogP contribution >= 0.6 is 11.8 Å². The smallest absolute Gasteiger partial charge is 0.234 e. The number of hydrogen-bond acceptors (Lipinski definition) is 4. The Kier molecular flexibility index (Phi) is 6.89. The third kappa shape index (κ3) is 6.15. The monoisotopic (exact) mass is 358 g/mol. The number of hydrogen-bond donors (Lipinski definition) is 2. The number of ether oxygens (including phenoxy) is 1. The minimum absolute atomic E-state index is 0.130. The van der Waals surface area contributed by atoms with Gasteiger partial charge in [-0.1, -0.05) is 23.8 Å². The van der Waals surface area contributed by atoms with Crippen LogP contribution in [-0.2, 0) is 9.59 Å². The number of rotatable bonds is 7. The summed E-state index contributed by atoms with van der Waals surface area (Å²) in [5, 5.41) is 5.62. The first kappa shape index (κ1) is 18.9. The normalized spacial score (nSPS) is 10.2. The lowest BCUT2D eigenvalue weighted by molar-refractivity contribution is -0.114. The largest absolute Gasteiger partial charge is 0.495 e. The van der Waals surface area contributed by atoms with Gasteiger partial charge in [0.05, 0.1) is 24.3 Å². The number of thioether (sulfide) groups is 1. The van der Waals surface area contributed by atoms with Gasteiger partial charge in [0.15, 0.2) is 0 Å². The van der Waals surface area contributed by atoms with Crippen molar-refractivity contribution in [1.29, 1.82) is 0 Å². The van der Waals surface area contributed by atoms with Gasteiger partial charge in [-0.2, -0.15) is 0 Å². The Morgan fingerprint density at radius 1 is 0.920 bits per heavy atom. The van der Waals surface area contributed by atoms with Gasteiger partial charge in [0.2, 0.25) is 11.8 Å². The minimum atomic E-state index is -0.169. The number of benzene rings is 2. The average molecular weight is 358 g/mol. The average Bonchev–Trinajstić information content (AvgIpc) is 2.57. The van der Waals surface area contributed by atoms with E-state index >= 15 is 0 Å². The minimum Gasteiger partial charge on any atom is -0.495 e. The van der Waals surface area contributed by atoms with Crippen LogP contribution in [0.25, 0.3) is 0 Å². The molecule has 2 N–H and O–H groups in total. The van der Waals surface area contributed by atoms with Gasteiger partial charge in [-0.25, -0.2) is 0 Å². The van der Waals surface area contributed by atoms with Gasteiger partial charge in [-0.15, -0.1) is 11.8 Å². The first-order valence-electron chi connectivity index (χ1n) is 7.86. The van der Waals surface area contributed by atoms with Crippen molar-refractivity contribution in [3.8, 4) is 5.75 Å². The summed E-state index contributed by atoms with van der Waals surface area (Å²) in [6.07, 6.45) is 0. The molecule has 2 amide bonds. The van der Waals surface area contributed by atoms with Gasteiger partial charge in [0.25, 0.3) is 0 Å². The Bertz CT molecular complexity index is 745. The summed E-state index contributed by atoms with van der Waals surface area (Å²) < 4.78 is 5.23. The van der Waals surface area contributed by atoms with Crippen LogP contribution in [0.5, 0.6) is 5.75 Å². The SMILES string of the molecule is COc1ccc(C)cc1NC(=O)CSCC(=O)Nc1ccc(C)cc1. The quantitative estimate of drug-likeness (QED) is 0.793. The number of amides is 2. The summed E-state index contributed by atoms with van der Waals surface area (Å²) >= 11 is 1.26. The van der Waals surface area contributed by atoms with Crippen molar-refractivity contribution < 1.29 is 14.3 Å². The Morgan fingerprint density at radius 2 is 1.52 bits per heavy atom. The second-order valence-electron chi connectivity index (χ2n) is 5.66. The van der Waals surface area contributed by atoms with E-state index in [1.807, 2.05) is 56.3 Å². The zero-order chi connectivity index (χ0) is 18.2. The van der Waals surface area contributed by atoms with E-state index in [1.54, 1.807) is 7.11 Å². The molecule has 0 aliphatic heterocycles. The molecule has 0 aliphatic carbocycles. The molecule has 0 atom stereocenters. The van der Waals surface area contributed by atoms with Crippen molar-refractivity contribution in [3.63, 3.8) is 0 Å². The van der Waals surface area contributed by atoms with Crippen molar-refractivity contribution in [2.24, 2.45) is 0 Å². The van der Waals surface area contributed by atoms with E-state index in [0.29, 0.717) is 11.4 Å². The molecule has 132 valence electrons. The highest BCUT2D eigenvalue weighted by Gasteiger charge is 2.09. The van der Waals surface area contributed by atoms with Crippen molar-refractivity contribution in [3.05, 3.63) is 53.6 Å². The molecular weight excluding hydrogens is 336 g/mol. The van der Waals surface area contributed by atoms with E-state index in [0.717, 1.165) is 16.8 Å². The lowest BCUT2D eigenvalue weighted by Crippen LogP contribution is -2.18. The molecule has 0 radical (unpaired) electrons. The maximum atomic E-state index is 12.0. The van der Waals surface area contributed by atoms with Crippen molar-refractivity contribution in [1.82, 2.24) is 0 Å². The predicted octanol–water partition coefficient (Wildman–Crippen LogP) is 3.62. The number of carbonyl (C=O) groups excluding carboxylic acids is 2. The van der Waals surface area contributed by atoms with E-state index in [9.17, 15) is 9.59 Å². The molecule has 2 aromatic rings. The van der Waals surface area contributed by atoms with Crippen LogP contribution in [0.15, 0.2) is 42.5 Å². The number of aryl methyl sites for hydroxylation is 2. The molecule has 0 fully saturated rings. The second-order valence-corrected chi connectivity index (χ2v) is 6.64. The van der Waals surface area contributed by atoms with E-state index in [4.69, 9.17) is 4.74 Å². The summed E-state index contributed by atoms with van der Waals surface area (Å²) in [6, 6.07) is 13.2. The number of methoxy groups -OCH3 is 1. The molecule has 0 aliphatic rings. The van der Waals surface area contributed by atoms with Crippen LogP contribution in [0.3, 0.4) is 0 Å². The molecule has 5 nitrogen and oxygen atoms in total. The molecule has 0 saturated heterocycles. The first-order chi connectivity index (χ1) is 12.0. The maximum Gasteiger partial charge on any atom is 0.234 e. The van der Waals surface area contributed by atoms with Gasteiger partial charge in [0, 0.05) is 5.69 Å². The zero-order valence-electron chi connectivity index (χ0n) is 14.6. The van der Waals surface area contributed by atoms with Gasteiger partial charge < -0.3 is 15.4 Å². The first-order valence-corrected chi connectivity index (χ1v) is 9.02. The Balaban J connectivity index is 1.77. The van der Waals surface area contributed by atoms with Gasteiger partial charge in [-0.3, -0.25) is 9.59 Å². The fourth-order valence-electron chi connectivity index (χ4n) is 2.18. The Labute approximate surface area is 152 Å². The highest BCUT2D eigenvalue weighted by Crippen LogP contribution is 2.25. The maximum absolute atomic E-state index is 12.0. The topological polar surface area (TPSA) is 67.4 Å².